The zero-order chi connectivity index (χ0) is 14.7. The van der Waals surface area contributed by atoms with Crippen LogP contribution in [0, 0.1) is 19.7 Å². The van der Waals surface area contributed by atoms with E-state index in [2.05, 4.69) is 15.2 Å². The lowest BCUT2D eigenvalue weighted by Gasteiger charge is -2.09. The van der Waals surface area contributed by atoms with Gasteiger partial charge in [0.1, 0.15) is 5.76 Å². The van der Waals surface area contributed by atoms with Crippen molar-refractivity contribution in [3.05, 3.63) is 41.0 Å². The highest BCUT2D eigenvalue weighted by molar-refractivity contribution is 5.48. The first-order valence-corrected chi connectivity index (χ1v) is 5.87. The summed E-state index contributed by atoms with van der Waals surface area (Å²) in [5.41, 5.74) is 2.07. The van der Waals surface area contributed by atoms with E-state index in [0.29, 0.717) is 18.0 Å². The summed E-state index contributed by atoms with van der Waals surface area (Å²) in [5.74, 6) is -0.662. The molecule has 7 heteroatoms. The van der Waals surface area contributed by atoms with Crippen LogP contribution >= 0.6 is 0 Å². The van der Waals surface area contributed by atoms with Gasteiger partial charge >= 0.3 is 6.61 Å². The second-order valence-electron chi connectivity index (χ2n) is 4.18. The van der Waals surface area contributed by atoms with Crippen LogP contribution < -0.4 is 10.1 Å². The standard InChI is InChI=1S/C13H13F3N2O2/c1-7-10(8(2)20-18-7)6-17-9-3-4-12(11(14)5-9)19-13(15)16/h3-5,13,17H,6H2,1-2H3. The smallest absolute Gasteiger partial charge is 0.387 e. The van der Waals surface area contributed by atoms with Gasteiger partial charge in [0.05, 0.1) is 5.69 Å². The van der Waals surface area contributed by atoms with Gasteiger partial charge in [-0.25, -0.2) is 4.39 Å². The summed E-state index contributed by atoms with van der Waals surface area (Å²) < 4.78 is 46.5. The maximum atomic E-state index is 13.5. The number of anilines is 1. The Morgan fingerprint density at radius 2 is 2.10 bits per heavy atom. The van der Waals surface area contributed by atoms with E-state index in [9.17, 15) is 13.2 Å². The van der Waals surface area contributed by atoms with Crippen molar-refractivity contribution < 1.29 is 22.4 Å². The maximum Gasteiger partial charge on any atom is 0.387 e. The van der Waals surface area contributed by atoms with Gasteiger partial charge in [-0.05, 0) is 26.0 Å². The molecule has 0 unspecified atom stereocenters. The van der Waals surface area contributed by atoms with Gasteiger partial charge in [0.15, 0.2) is 11.6 Å². The number of rotatable bonds is 5. The zero-order valence-electron chi connectivity index (χ0n) is 10.9. The normalized spacial score (nSPS) is 10.9. The number of benzene rings is 1. The molecule has 20 heavy (non-hydrogen) atoms. The van der Waals surface area contributed by atoms with Gasteiger partial charge in [-0.1, -0.05) is 5.16 Å². The average Bonchev–Trinajstić information content (AvgIpc) is 2.69. The molecular weight excluding hydrogens is 273 g/mol. The molecule has 108 valence electrons. The first kappa shape index (κ1) is 14.2. The van der Waals surface area contributed by atoms with Crippen molar-refractivity contribution in [1.29, 1.82) is 0 Å². The first-order chi connectivity index (χ1) is 9.47. The highest BCUT2D eigenvalue weighted by Crippen LogP contribution is 2.23. The molecule has 4 nitrogen and oxygen atoms in total. The molecule has 1 heterocycles. The van der Waals surface area contributed by atoms with E-state index in [1.807, 2.05) is 0 Å². The molecule has 0 aliphatic heterocycles. The van der Waals surface area contributed by atoms with E-state index < -0.39 is 18.2 Å². The summed E-state index contributed by atoms with van der Waals surface area (Å²) in [6.07, 6.45) is 0. The Balaban J connectivity index is 2.06. The molecule has 2 rings (SSSR count). The lowest BCUT2D eigenvalue weighted by Crippen LogP contribution is -2.05. The van der Waals surface area contributed by atoms with Crippen LogP contribution in [-0.2, 0) is 6.54 Å². The number of hydrogen-bond acceptors (Lipinski definition) is 4. The maximum absolute atomic E-state index is 13.5. The molecule has 1 aromatic carbocycles. The monoisotopic (exact) mass is 286 g/mol. The molecule has 1 aromatic heterocycles. The molecule has 2 aromatic rings. The highest BCUT2D eigenvalue weighted by Gasteiger charge is 2.12. The van der Waals surface area contributed by atoms with Crippen molar-refractivity contribution in [2.75, 3.05) is 5.32 Å². The second kappa shape index (κ2) is 5.85. The quantitative estimate of drug-likeness (QED) is 0.911. The number of nitrogens with zero attached hydrogens (tertiary/aromatic N) is 1. The minimum Gasteiger partial charge on any atom is -0.432 e. The van der Waals surface area contributed by atoms with Crippen molar-refractivity contribution in [3.8, 4) is 5.75 Å². The molecule has 0 radical (unpaired) electrons. The molecule has 0 spiro atoms. The fraction of sp³-hybridized carbons (Fsp3) is 0.308. The Hall–Kier alpha value is -2.18. The van der Waals surface area contributed by atoms with Crippen LogP contribution in [0.3, 0.4) is 0 Å². The fourth-order valence-corrected chi connectivity index (χ4v) is 1.75. The third kappa shape index (κ3) is 3.23. The third-order valence-electron chi connectivity index (χ3n) is 2.80. The number of alkyl halides is 2. The van der Waals surface area contributed by atoms with Crippen LogP contribution in [0.15, 0.2) is 22.7 Å². The van der Waals surface area contributed by atoms with E-state index in [1.165, 1.54) is 6.07 Å². The van der Waals surface area contributed by atoms with Crippen molar-refractivity contribution in [1.82, 2.24) is 5.16 Å². The molecule has 0 amide bonds. The fourth-order valence-electron chi connectivity index (χ4n) is 1.75. The summed E-state index contributed by atoms with van der Waals surface area (Å²) in [6, 6.07) is 3.70. The molecule has 0 bridgehead atoms. The van der Waals surface area contributed by atoms with Gasteiger partial charge < -0.3 is 14.6 Å². The van der Waals surface area contributed by atoms with E-state index in [0.717, 1.165) is 23.4 Å². The lowest BCUT2D eigenvalue weighted by molar-refractivity contribution is -0.0521. The van der Waals surface area contributed by atoms with E-state index >= 15 is 0 Å². The van der Waals surface area contributed by atoms with Crippen LogP contribution in [0.4, 0.5) is 18.9 Å². The van der Waals surface area contributed by atoms with Gasteiger partial charge in [0, 0.05) is 23.9 Å². The lowest BCUT2D eigenvalue weighted by atomic mass is 10.2. The number of aryl methyl sites for hydroxylation is 2. The van der Waals surface area contributed by atoms with Gasteiger partial charge in [-0.3, -0.25) is 0 Å². The Morgan fingerprint density at radius 1 is 1.35 bits per heavy atom. The molecule has 0 atom stereocenters. The summed E-state index contributed by atoms with van der Waals surface area (Å²) >= 11 is 0. The molecule has 0 saturated carbocycles. The number of aromatic nitrogens is 1. The van der Waals surface area contributed by atoms with Crippen LogP contribution in [0.2, 0.25) is 0 Å². The molecule has 0 aliphatic carbocycles. The van der Waals surface area contributed by atoms with Gasteiger partial charge in [0.2, 0.25) is 0 Å². The molecular formula is C13H13F3N2O2. The number of halogens is 3. The topological polar surface area (TPSA) is 47.3 Å². The number of ether oxygens (including phenoxy) is 1. The van der Waals surface area contributed by atoms with Gasteiger partial charge in [0.25, 0.3) is 0 Å². The predicted octanol–water partition coefficient (Wildman–Crippen LogP) is 3.64. The predicted molar refractivity (Wildman–Crippen MR) is 66.3 cm³/mol. The highest BCUT2D eigenvalue weighted by atomic mass is 19.3. The second-order valence-corrected chi connectivity index (χ2v) is 4.18. The molecule has 0 fully saturated rings. The van der Waals surface area contributed by atoms with Gasteiger partial charge in [-0.15, -0.1) is 0 Å². The molecule has 1 N–H and O–H groups in total. The SMILES string of the molecule is Cc1noc(C)c1CNc1ccc(OC(F)F)c(F)c1. The number of nitrogens with one attached hydrogen (secondary N) is 1. The summed E-state index contributed by atoms with van der Waals surface area (Å²) in [5, 5.41) is 6.77. The van der Waals surface area contributed by atoms with Crippen LogP contribution in [0.1, 0.15) is 17.0 Å². The first-order valence-electron chi connectivity index (χ1n) is 5.87. The van der Waals surface area contributed by atoms with Gasteiger partial charge in [-0.2, -0.15) is 8.78 Å². The molecule has 0 aliphatic rings. The van der Waals surface area contributed by atoms with Crippen molar-refractivity contribution in [3.63, 3.8) is 0 Å². The average molecular weight is 286 g/mol. The van der Waals surface area contributed by atoms with Crippen molar-refractivity contribution in [2.45, 2.75) is 27.0 Å². The largest absolute Gasteiger partial charge is 0.432 e. The minimum atomic E-state index is -3.05. The van der Waals surface area contributed by atoms with E-state index in [-0.39, 0.29) is 0 Å². The Bertz CT molecular complexity index is 580. The van der Waals surface area contributed by atoms with E-state index in [4.69, 9.17) is 4.52 Å². The van der Waals surface area contributed by atoms with E-state index in [1.54, 1.807) is 13.8 Å². The number of hydrogen-bond donors (Lipinski definition) is 1. The van der Waals surface area contributed by atoms with Crippen LogP contribution in [0.25, 0.3) is 0 Å². The van der Waals surface area contributed by atoms with Crippen LogP contribution in [-0.4, -0.2) is 11.8 Å². The summed E-state index contributed by atoms with van der Waals surface area (Å²) in [6.45, 7) is 0.922. The Kier molecular flexibility index (Phi) is 4.16. The van der Waals surface area contributed by atoms with Crippen molar-refractivity contribution in [2.24, 2.45) is 0 Å². The molecule has 0 saturated heterocycles. The Morgan fingerprint density at radius 3 is 2.65 bits per heavy atom. The zero-order valence-corrected chi connectivity index (χ0v) is 10.9. The summed E-state index contributed by atoms with van der Waals surface area (Å²) in [7, 11) is 0. The van der Waals surface area contributed by atoms with Crippen LogP contribution in [0.5, 0.6) is 5.75 Å². The third-order valence-corrected chi connectivity index (χ3v) is 2.80. The summed E-state index contributed by atoms with van der Waals surface area (Å²) in [4.78, 5) is 0. The Labute approximate surface area is 113 Å². The van der Waals surface area contributed by atoms with Crippen molar-refractivity contribution >= 4 is 5.69 Å². The minimum absolute atomic E-state index is 0.398.